The second kappa shape index (κ2) is 18.3. The standard InChI is InChI=1S/C50H65N7O7/c1-9-56-42-15-14-31-23-38(42)39(45(56)36-12-10-16-51-43(36)29(4)63-8)25-50(5,6)27-64-49(62)40-13-11-17-57(54-40)48(61)41(20-30-18-32(31)22-35(58)19-30)53-46(59)44(28(2)3)55(7)47(60)37-24-34-21-33(37)26-52-34/h10,12,14-16,18-19,22-23,28-29,33-34,37,40-41,44,52,54,58H,9,11,13,17,20-21,24-27H2,1-8H3,(H,53,59)/t29-,33?,34?,37?,40-,41-,44-/m0/s1. The van der Waals surface area contributed by atoms with E-state index in [0.717, 1.165) is 63.9 Å². The molecule has 0 radical (unpaired) electrons. The highest BCUT2D eigenvalue weighted by Gasteiger charge is 2.46. The average molecular weight is 876 g/mol. The summed E-state index contributed by atoms with van der Waals surface area (Å²) < 4.78 is 14.2. The number of fused-ring (bicyclic) bond motifs is 8. The highest BCUT2D eigenvalue weighted by molar-refractivity contribution is 5.96. The molecule has 64 heavy (non-hydrogen) atoms. The summed E-state index contributed by atoms with van der Waals surface area (Å²) in [4.78, 5) is 63.5. The Bertz CT molecular complexity index is 2430. The monoisotopic (exact) mass is 875 g/mol. The molecule has 5 heterocycles. The number of piperidine rings is 1. The molecule has 1 saturated carbocycles. The molecule has 3 aliphatic heterocycles. The summed E-state index contributed by atoms with van der Waals surface area (Å²) in [5.41, 5.74) is 9.77. The molecule has 8 bridgehead atoms. The number of esters is 1. The number of carbonyl (C=O) groups is 4. The molecule has 2 aromatic heterocycles. The Kier molecular flexibility index (Phi) is 12.9. The number of phenols is 1. The summed E-state index contributed by atoms with van der Waals surface area (Å²) in [5.74, 6) is -1.50. The molecular weight excluding hydrogens is 811 g/mol. The fourth-order valence-corrected chi connectivity index (χ4v) is 10.8. The normalized spacial score (nSPS) is 24.3. The number of hydrogen-bond donors (Lipinski definition) is 4. The van der Waals surface area contributed by atoms with Gasteiger partial charge in [-0.1, -0.05) is 39.8 Å². The van der Waals surface area contributed by atoms with Crippen LogP contribution in [0, 0.1) is 23.2 Å². The van der Waals surface area contributed by atoms with Crippen molar-refractivity contribution in [2.45, 2.75) is 117 Å². The predicted molar refractivity (Wildman–Crippen MR) is 245 cm³/mol. The Balaban J connectivity index is 1.21. The van der Waals surface area contributed by atoms with Crippen LogP contribution in [0.25, 0.3) is 33.3 Å². The topological polar surface area (TPSA) is 167 Å². The summed E-state index contributed by atoms with van der Waals surface area (Å²) in [5, 5.41) is 20.3. The summed E-state index contributed by atoms with van der Waals surface area (Å²) in [6.07, 6.45) is 4.83. The first kappa shape index (κ1) is 45.3. The number of cyclic esters (lactones) is 1. The molecule has 0 spiro atoms. The van der Waals surface area contributed by atoms with Crippen LogP contribution in [0.15, 0.2) is 54.7 Å². The van der Waals surface area contributed by atoms with Gasteiger partial charge in [0.1, 0.15) is 23.9 Å². The van der Waals surface area contributed by atoms with Crippen LogP contribution in [0.3, 0.4) is 0 Å². The maximum atomic E-state index is 14.7. The molecule has 4 N–H and O–H groups in total. The molecule has 2 aromatic carbocycles. The minimum Gasteiger partial charge on any atom is -0.508 e. The van der Waals surface area contributed by atoms with E-state index in [1.54, 1.807) is 37.4 Å². The molecule has 342 valence electrons. The number of nitrogens with zero attached hydrogens (tertiary/aromatic N) is 4. The smallest absolute Gasteiger partial charge is 0.324 e. The lowest BCUT2D eigenvalue weighted by molar-refractivity contribution is -0.155. The molecule has 3 amide bonds. The second-order valence-electron chi connectivity index (χ2n) is 19.6. The minimum atomic E-state index is -1.10. The van der Waals surface area contributed by atoms with E-state index in [4.69, 9.17) is 14.5 Å². The van der Waals surface area contributed by atoms with Crippen LogP contribution in [-0.2, 0) is 48.0 Å². The van der Waals surface area contributed by atoms with Gasteiger partial charge in [-0.05, 0) is 123 Å². The van der Waals surface area contributed by atoms with Crippen LogP contribution >= 0.6 is 0 Å². The third-order valence-electron chi connectivity index (χ3n) is 14.0. The number of aromatic nitrogens is 2. The number of nitrogens with one attached hydrogen (secondary N) is 3. The largest absolute Gasteiger partial charge is 0.508 e. The third kappa shape index (κ3) is 8.88. The molecule has 14 heteroatoms. The van der Waals surface area contributed by atoms with Crippen molar-refractivity contribution in [3.8, 4) is 28.1 Å². The zero-order valence-electron chi connectivity index (χ0n) is 38.6. The van der Waals surface area contributed by atoms with E-state index in [0.29, 0.717) is 44.0 Å². The number of likely N-dealkylation sites (N-methyl/N-ethyl adjacent to an activating group) is 1. The van der Waals surface area contributed by atoms with Crippen molar-refractivity contribution in [2.75, 3.05) is 33.9 Å². The zero-order chi connectivity index (χ0) is 45.6. The molecule has 8 rings (SSSR count). The number of rotatable bonds is 9. The highest BCUT2D eigenvalue weighted by atomic mass is 16.5. The van der Waals surface area contributed by atoms with Crippen molar-refractivity contribution in [1.82, 2.24) is 35.5 Å². The molecule has 2 saturated heterocycles. The Morgan fingerprint density at radius 2 is 1.89 bits per heavy atom. The van der Waals surface area contributed by atoms with E-state index in [9.17, 15) is 24.3 Å². The van der Waals surface area contributed by atoms with Gasteiger partial charge in [0.15, 0.2) is 0 Å². The summed E-state index contributed by atoms with van der Waals surface area (Å²) in [6.45, 7) is 14.0. The van der Waals surface area contributed by atoms with Gasteiger partial charge in [0, 0.05) is 73.7 Å². The number of hydrazine groups is 1. The van der Waals surface area contributed by atoms with Crippen LogP contribution < -0.4 is 16.1 Å². The van der Waals surface area contributed by atoms with E-state index in [1.807, 2.05) is 39.0 Å². The number of aryl methyl sites for hydroxylation is 1. The van der Waals surface area contributed by atoms with Crippen LogP contribution in [0.2, 0.25) is 0 Å². The number of carbonyl (C=O) groups excluding carboxylic acids is 4. The van der Waals surface area contributed by atoms with E-state index in [2.05, 4.69) is 59.6 Å². The maximum absolute atomic E-state index is 14.7. The number of methoxy groups -OCH3 is 1. The van der Waals surface area contributed by atoms with Gasteiger partial charge in [-0.25, -0.2) is 5.43 Å². The van der Waals surface area contributed by atoms with Gasteiger partial charge in [0.2, 0.25) is 11.8 Å². The minimum absolute atomic E-state index is 0.0194. The van der Waals surface area contributed by atoms with Crippen molar-refractivity contribution in [2.24, 2.45) is 23.2 Å². The Hall–Kier alpha value is -5.31. The van der Waals surface area contributed by atoms with E-state index in [-0.39, 0.29) is 48.5 Å². The van der Waals surface area contributed by atoms with Crippen LogP contribution in [-0.4, -0.2) is 106 Å². The van der Waals surface area contributed by atoms with Gasteiger partial charge >= 0.3 is 5.97 Å². The van der Waals surface area contributed by atoms with Crippen molar-refractivity contribution in [3.63, 3.8) is 0 Å². The summed E-state index contributed by atoms with van der Waals surface area (Å²) >= 11 is 0. The van der Waals surface area contributed by atoms with Gasteiger partial charge in [0.05, 0.1) is 24.1 Å². The Morgan fingerprint density at radius 3 is 2.59 bits per heavy atom. The van der Waals surface area contributed by atoms with Gasteiger partial charge in [-0.15, -0.1) is 0 Å². The van der Waals surface area contributed by atoms with Crippen molar-refractivity contribution >= 4 is 34.6 Å². The van der Waals surface area contributed by atoms with Gasteiger partial charge in [-0.2, -0.15) is 0 Å². The predicted octanol–water partition coefficient (Wildman–Crippen LogP) is 5.93. The lowest BCUT2D eigenvalue weighted by Crippen LogP contribution is -2.62. The molecule has 4 aromatic rings. The maximum Gasteiger partial charge on any atom is 0.324 e. The van der Waals surface area contributed by atoms with Crippen molar-refractivity contribution < 1.29 is 33.8 Å². The Labute approximate surface area is 376 Å². The second-order valence-corrected chi connectivity index (χ2v) is 19.6. The molecule has 3 unspecified atom stereocenters. The lowest BCUT2D eigenvalue weighted by Gasteiger charge is -2.37. The summed E-state index contributed by atoms with van der Waals surface area (Å²) in [7, 11) is 3.37. The zero-order valence-corrected chi connectivity index (χ0v) is 38.6. The molecule has 7 atom stereocenters. The average Bonchev–Trinajstić information content (AvgIpc) is 4.00. The Morgan fingerprint density at radius 1 is 1.09 bits per heavy atom. The van der Waals surface area contributed by atoms with E-state index in [1.165, 1.54) is 5.01 Å². The molecule has 3 fully saturated rings. The van der Waals surface area contributed by atoms with Gasteiger partial charge in [-0.3, -0.25) is 29.2 Å². The quantitative estimate of drug-likeness (QED) is 0.148. The SMILES string of the molecule is CCn1c(-c2cccnc2[C@H](C)OC)c2c3cc(ccc31)-c1cc(O)cc(c1)C[C@H](NC(=O)[C@H](C(C)C)N(C)C(=O)C1CC3CC1CN3)C(=O)N1CCC[C@H](N1)C(=O)OCC(C)(C)C2. The highest BCUT2D eigenvalue weighted by Crippen LogP contribution is 2.43. The first-order valence-electron chi connectivity index (χ1n) is 23.1. The number of aromatic hydroxyl groups is 1. The molecule has 4 aliphatic rings. The van der Waals surface area contributed by atoms with Crippen molar-refractivity contribution in [3.05, 3.63) is 71.5 Å². The number of amides is 3. The number of phenolic OH excluding ortho intramolecular Hbond substituents is 1. The van der Waals surface area contributed by atoms with E-state index < -0.39 is 41.3 Å². The van der Waals surface area contributed by atoms with Crippen LogP contribution in [0.4, 0.5) is 0 Å². The number of pyridine rings is 1. The first-order chi connectivity index (χ1) is 30.6. The molecule has 14 nitrogen and oxygen atoms in total. The lowest BCUT2D eigenvalue weighted by atomic mass is 9.84. The fourth-order valence-electron chi connectivity index (χ4n) is 10.8. The third-order valence-corrected chi connectivity index (χ3v) is 14.0. The van der Waals surface area contributed by atoms with Crippen molar-refractivity contribution in [1.29, 1.82) is 0 Å². The molecular formula is C50H65N7O7. The number of benzene rings is 2. The summed E-state index contributed by atoms with van der Waals surface area (Å²) in [6, 6.07) is 13.2. The van der Waals surface area contributed by atoms with E-state index >= 15 is 0 Å². The van der Waals surface area contributed by atoms with Crippen LogP contribution in [0.1, 0.15) is 90.2 Å². The van der Waals surface area contributed by atoms with Crippen LogP contribution in [0.5, 0.6) is 5.75 Å². The number of ether oxygens (including phenoxy) is 2. The number of hydrogen-bond acceptors (Lipinski definition) is 10. The fraction of sp³-hybridized carbons (Fsp3) is 0.540. The molecule has 1 aliphatic carbocycles. The van der Waals surface area contributed by atoms with Gasteiger partial charge < -0.3 is 34.7 Å². The van der Waals surface area contributed by atoms with Gasteiger partial charge in [0.25, 0.3) is 5.91 Å². The first-order valence-corrected chi connectivity index (χ1v) is 23.1.